The van der Waals surface area contributed by atoms with Gasteiger partial charge in [-0.15, -0.1) is 0 Å². The molecular weight excluding hydrogens is 216 g/mol. The zero-order valence-corrected chi connectivity index (χ0v) is 6.78. The standard InChI is InChI=1S/C5H3BrN2O3/c6-5-4(9)1-3(2-7-5)8(10)11/h1-2,9H. The smallest absolute Gasteiger partial charge is 0.291 e. The maximum atomic E-state index is 10.1. The fourth-order valence-corrected chi connectivity index (χ4v) is 0.743. The highest BCUT2D eigenvalue weighted by molar-refractivity contribution is 9.10. The molecule has 58 valence electrons. The van der Waals surface area contributed by atoms with Gasteiger partial charge in [-0.2, -0.15) is 0 Å². The third-order valence-corrected chi connectivity index (χ3v) is 1.63. The highest BCUT2D eigenvalue weighted by atomic mass is 79.9. The lowest BCUT2D eigenvalue weighted by molar-refractivity contribution is -0.385. The number of aromatic hydroxyl groups is 1. The molecule has 1 aromatic rings. The van der Waals surface area contributed by atoms with Crippen LogP contribution >= 0.6 is 15.9 Å². The van der Waals surface area contributed by atoms with Gasteiger partial charge in [0, 0.05) is 0 Å². The quantitative estimate of drug-likeness (QED) is 0.440. The van der Waals surface area contributed by atoms with Crippen LogP contribution in [0.5, 0.6) is 5.75 Å². The molecule has 5 nitrogen and oxygen atoms in total. The second-order valence-corrected chi connectivity index (χ2v) is 2.51. The molecule has 1 heterocycles. The van der Waals surface area contributed by atoms with E-state index in [4.69, 9.17) is 5.11 Å². The third kappa shape index (κ3) is 1.64. The van der Waals surface area contributed by atoms with Crippen molar-refractivity contribution in [3.05, 3.63) is 27.0 Å². The molecule has 0 unspecified atom stereocenters. The first-order chi connectivity index (χ1) is 5.11. The van der Waals surface area contributed by atoms with Gasteiger partial charge in [0.15, 0.2) is 5.75 Å². The molecule has 0 aliphatic rings. The Labute approximate surface area is 70.0 Å². The molecule has 0 bridgehead atoms. The first-order valence-electron chi connectivity index (χ1n) is 2.60. The van der Waals surface area contributed by atoms with Crippen molar-refractivity contribution in [1.29, 1.82) is 0 Å². The molecule has 0 saturated carbocycles. The number of nitrogens with zero attached hydrogens (tertiary/aromatic N) is 2. The average Bonchev–Trinajstić information content (AvgIpc) is 1.94. The van der Waals surface area contributed by atoms with E-state index < -0.39 is 4.92 Å². The number of pyridine rings is 1. The van der Waals surface area contributed by atoms with Gasteiger partial charge in [-0.1, -0.05) is 0 Å². The summed E-state index contributed by atoms with van der Waals surface area (Å²) in [7, 11) is 0. The van der Waals surface area contributed by atoms with E-state index in [1.165, 1.54) is 0 Å². The van der Waals surface area contributed by atoms with E-state index in [1.54, 1.807) is 0 Å². The first kappa shape index (κ1) is 7.93. The molecule has 0 atom stereocenters. The van der Waals surface area contributed by atoms with Crippen molar-refractivity contribution in [2.75, 3.05) is 0 Å². The van der Waals surface area contributed by atoms with Gasteiger partial charge >= 0.3 is 0 Å². The summed E-state index contributed by atoms with van der Waals surface area (Å²) in [4.78, 5) is 13.0. The minimum Gasteiger partial charge on any atom is -0.505 e. The largest absolute Gasteiger partial charge is 0.505 e. The van der Waals surface area contributed by atoms with Crippen LogP contribution in [0.4, 0.5) is 5.69 Å². The Hall–Kier alpha value is -1.17. The molecule has 0 saturated heterocycles. The molecular formula is C5H3BrN2O3. The maximum Gasteiger partial charge on any atom is 0.291 e. The van der Waals surface area contributed by atoms with Gasteiger partial charge in [-0.3, -0.25) is 10.1 Å². The summed E-state index contributed by atoms with van der Waals surface area (Å²) in [5.41, 5.74) is -0.231. The highest BCUT2D eigenvalue weighted by Crippen LogP contribution is 2.24. The SMILES string of the molecule is O=[N+]([O-])c1cnc(Br)c(O)c1. The van der Waals surface area contributed by atoms with Crippen molar-refractivity contribution < 1.29 is 10.0 Å². The maximum absolute atomic E-state index is 10.1. The van der Waals surface area contributed by atoms with Gasteiger partial charge in [-0.05, 0) is 15.9 Å². The predicted octanol–water partition coefficient (Wildman–Crippen LogP) is 1.46. The molecule has 6 heteroatoms. The third-order valence-electron chi connectivity index (χ3n) is 1.02. The monoisotopic (exact) mass is 218 g/mol. The van der Waals surface area contributed by atoms with Crippen molar-refractivity contribution in [1.82, 2.24) is 4.98 Å². The van der Waals surface area contributed by atoms with Crippen LogP contribution in [-0.2, 0) is 0 Å². The van der Waals surface area contributed by atoms with E-state index in [2.05, 4.69) is 20.9 Å². The zero-order valence-electron chi connectivity index (χ0n) is 5.19. The van der Waals surface area contributed by atoms with Gasteiger partial charge in [0.1, 0.15) is 10.8 Å². The van der Waals surface area contributed by atoms with Crippen molar-refractivity contribution in [2.24, 2.45) is 0 Å². The summed E-state index contributed by atoms with van der Waals surface area (Å²) in [6, 6.07) is 1.02. The summed E-state index contributed by atoms with van der Waals surface area (Å²) >= 11 is 2.89. The van der Waals surface area contributed by atoms with Gasteiger partial charge < -0.3 is 5.11 Å². The topological polar surface area (TPSA) is 76.3 Å². The van der Waals surface area contributed by atoms with Crippen molar-refractivity contribution >= 4 is 21.6 Å². The minimum absolute atomic E-state index is 0.197. The van der Waals surface area contributed by atoms with Crippen molar-refractivity contribution in [2.45, 2.75) is 0 Å². The second kappa shape index (κ2) is 2.83. The molecule has 1 rings (SSSR count). The lowest BCUT2D eigenvalue weighted by Gasteiger charge is -1.93. The van der Waals surface area contributed by atoms with Crippen LogP contribution in [0.1, 0.15) is 0 Å². The highest BCUT2D eigenvalue weighted by Gasteiger charge is 2.08. The van der Waals surface area contributed by atoms with E-state index in [9.17, 15) is 10.1 Å². The Kier molecular flexibility index (Phi) is 2.04. The van der Waals surface area contributed by atoms with Crippen LogP contribution in [0.2, 0.25) is 0 Å². The van der Waals surface area contributed by atoms with Crippen LogP contribution in [0.3, 0.4) is 0 Å². The minimum atomic E-state index is -0.626. The number of hydrogen-bond donors (Lipinski definition) is 1. The summed E-state index contributed by atoms with van der Waals surface area (Å²) in [6.45, 7) is 0. The Bertz CT molecular complexity index is 302. The summed E-state index contributed by atoms with van der Waals surface area (Å²) in [5, 5.41) is 19.0. The van der Waals surface area contributed by atoms with Gasteiger partial charge in [-0.25, -0.2) is 4.98 Å². The Balaban J connectivity index is 3.15. The van der Waals surface area contributed by atoms with Crippen LogP contribution in [0.15, 0.2) is 16.9 Å². The van der Waals surface area contributed by atoms with E-state index in [-0.39, 0.29) is 16.0 Å². The van der Waals surface area contributed by atoms with Crippen LogP contribution in [-0.4, -0.2) is 15.0 Å². The van der Waals surface area contributed by atoms with E-state index >= 15 is 0 Å². The zero-order chi connectivity index (χ0) is 8.43. The Morgan fingerprint density at radius 3 is 2.82 bits per heavy atom. The molecule has 1 aromatic heterocycles. The molecule has 0 amide bonds. The summed E-state index contributed by atoms with van der Waals surface area (Å²) in [6.07, 6.45) is 1.06. The van der Waals surface area contributed by atoms with Crippen LogP contribution < -0.4 is 0 Å². The molecule has 0 aliphatic heterocycles. The molecule has 0 fully saturated rings. The normalized spacial score (nSPS) is 9.55. The summed E-state index contributed by atoms with van der Waals surface area (Å²) in [5.74, 6) is -0.237. The van der Waals surface area contributed by atoms with Gasteiger partial charge in [0.05, 0.1) is 11.0 Å². The molecule has 0 radical (unpaired) electrons. The number of rotatable bonds is 1. The van der Waals surface area contributed by atoms with Crippen LogP contribution in [0, 0.1) is 10.1 Å². The molecule has 1 N–H and O–H groups in total. The molecule has 0 spiro atoms. The lowest BCUT2D eigenvalue weighted by Crippen LogP contribution is -1.88. The Morgan fingerprint density at radius 2 is 2.36 bits per heavy atom. The number of halogens is 1. The first-order valence-corrected chi connectivity index (χ1v) is 3.39. The number of nitro groups is 1. The number of hydrogen-bond acceptors (Lipinski definition) is 4. The second-order valence-electron chi connectivity index (χ2n) is 1.76. The average molecular weight is 219 g/mol. The summed E-state index contributed by atoms with van der Waals surface area (Å²) < 4.78 is 0.197. The lowest BCUT2D eigenvalue weighted by atomic mass is 10.4. The van der Waals surface area contributed by atoms with Gasteiger partial charge in [0.2, 0.25) is 0 Å². The van der Waals surface area contributed by atoms with E-state index in [0.717, 1.165) is 12.3 Å². The van der Waals surface area contributed by atoms with Crippen LogP contribution in [0.25, 0.3) is 0 Å². The fourth-order valence-electron chi connectivity index (χ4n) is 0.526. The molecule has 11 heavy (non-hydrogen) atoms. The van der Waals surface area contributed by atoms with Crippen molar-refractivity contribution in [3.63, 3.8) is 0 Å². The molecule has 0 aromatic carbocycles. The van der Waals surface area contributed by atoms with E-state index in [0.29, 0.717) is 0 Å². The van der Waals surface area contributed by atoms with E-state index in [1.807, 2.05) is 0 Å². The Morgan fingerprint density at radius 1 is 1.73 bits per heavy atom. The molecule has 0 aliphatic carbocycles. The number of aromatic nitrogens is 1. The fraction of sp³-hybridized carbons (Fsp3) is 0. The van der Waals surface area contributed by atoms with Crippen molar-refractivity contribution in [3.8, 4) is 5.75 Å². The predicted molar refractivity (Wildman–Crippen MR) is 40.3 cm³/mol. The van der Waals surface area contributed by atoms with Gasteiger partial charge in [0.25, 0.3) is 5.69 Å².